The molecule has 0 spiro atoms. The lowest BCUT2D eigenvalue weighted by Crippen LogP contribution is -2.33. The predicted octanol–water partition coefficient (Wildman–Crippen LogP) is 2.89. The van der Waals surface area contributed by atoms with Gasteiger partial charge >= 0.3 is 5.97 Å². The SMILES string of the molecule is CC(=O)OCc1cc(C#N)cc(C)n1.Cc1cc(C#N)cc(C)[n+]1[O-].Cc1cc(C#N)cc(CO)n1. The van der Waals surface area contributed by atoms with Crippen LogP contribution in [0.5, 0.6) is 0 Å². The van der Waals surface area contributed by atoms with Gasteiger partial charge in [0.1, 0.15) is 6.61 Å². The Morgan fingerprint density at radius 3 is 1.69 bits per heavy atom. The van der Waals surface area contributed by atoms with Crippen molar-refractivity contribution < 1.29 is 19.4 Å². The molecule has 0 saturated heterocycles. The average Bonchev–Trinajstić information content (AvgIpc) is 2.85. The third-order valence-electron chi connectivity index (χ3n) is 4.36. The Hall–Kier alpha value is -4.85. The molecule has 0 aliphatic rings. The lowest BCUT2D eigenvalue weighted by molar-refractivity contribution is -0.619. The molecule has 10 nitrogen and oxygen atoms in total. The lowest BCUT2D eigenvalue weighted by Gasteiger charge is -2.02. The van der Waals surface area contributed by atoms with Gasteiger partial charge in [-0.1, -0.05) is 0 Å². The number of aliphatic hydroxyl groups is 1. The van der Waals surface area contributed by atoms with Crippen LogP contribution in [0.1, 0.15) is 57.8 Å². The number of carbonyl (C=O) groups is 1. The molecule has 10 heteroatoms. The fourth-order valence-electron chi connectivity index (χ4n) is 2.89. The number of hydrogen-bond donors (Lipinski definition) is 1. The number of aryl methyl sites for hydroxylation is 4. The Kier molecular flexibility index (Phi) is 11.7. The number of ether oxygens (including phenoxy) is 1. The fraction of sp³-hybridized carbons (Fsp3) is 0.269. The number of aromatic nitrogens is 3. The van der Waals surface area contributed by atoms with Crippen molar-refractivity contribution in [2.45, 2.75) is 47.8 Å². The van der Waals surface area contributed by atoms with Gasteiger partial charge in [-0.2, -0.15) is 20.5 Å². The molecule has 0 unspecified atom stereocenters. The van der Waals surface area contributed by atoms with E-state index < -0.39 is 0 Å². The van der Waals surface area contributed by atoms with E-state index in [2.05, 4.69) is 9.97 Å². The van der Waals surface area contributed by atoms with Crippen LogP contribution in [0.3, 0.4) is 0 Å². The number of rotatable bonds is 3. The van der Waals surface area contributed by atoms with Crippen molar-refractivity contribution in [1.82, 2.24) is 9.97 Å². The van der Waals surface area contributed by atoms with E-state index in [-0.39, 0.29) is 19.2 Å². The van der Waals surface area contributed by atoms with Gasteiger partial charge in [0.15, 0.2) is 11.4 Å². The molecule has 0 atom stereocenters. The van der Waals surface area contributed by atoms with E-state index in [1.54, 1.807) is 64.1 Å². The summed E-state index contributed by atoms with van der Waals surface area (Å²) in [4.78, 5) is 18.7. The zero-order valence-corrected chi connectivity index (χ0v) is 20.7. The van der Waals surface area contributed by atoms with Crippen molar-refractivity contribution in [2.75, 3.05) is 0 Å². The van der Waals surface area contributed by atoms with Crippen LogP contribution in [0.4, 0.5) is 0 Å². The van der Waals surface area contributed by atoms with Gasteiger partial charge in [-0.05, 0) is 38.1 Å². The minimum atomic E-state index is -0.355. The zero-order chi connectivity index (χ0) is 27.3. The minimum Gasteiger partial charge on any atom is -0.618 e. The minimum absolute atomic E-state index is 0.115. The summed E-state index contributed by atoms with van der Waals surface area (Å²) in [7, 11) is 0. The van der Waals surface area contributed by atoms with E-state index in [0.717, 1.165) is 16.1 Å². The second kappa shape index (κ2) is 14.4. The van der Waals surface area contributed by atoms with Crippen molar-refractivity contribution in [2.24, 2.45) is 0 Å². The summed E-state index contributed by atoms with van der Waals surface area (Å²) in [5.74, 6) is -0.355. The molecule has 0 fully saturated rings. The summed E-state index contributed by atoms with van der Waals surface area (Å²) in [6.45, 7) is 8.28. The van der Waals surface area contributed by atoms with E-state index in [1.165, 1.54) is 6.92 Å². The van der Waals surface area contributed by atoms with Crippen LogP contribution >= 0.6 is 0 Å². The fourth-order valence-corrected chi connectivity index (χ4v) is 2.89. The molecule has 184 valence electrons. The quantitative estimate of drug-likeness (QED) is 0.332. The summed E-state index contributed by atoms with van der Waals surface area (Å²) in [6, 6.07) is 15.7. The van der Waals surface area contributed by atoms with Gasteiger partial charge in [-0.3, -0.25) is 14.8 Å². The van der Waals surface area contributed by atoms with Crippen molar-refractivity contribution in [3.63, 3.8) is 0 Å². The van der Waals surface area contributed by atoms with Gasteiger partial charge in [-0.15, -0.1) is 0 Å². The van der Waals surface area contributed by atoms with Crippen molar-refractivity contribution >= 4 is 5.97 Å². The number of pyridine rings is 3. The molecule has 3 aromatic heterocycles. The average molecular weight is 487 g/mol. The van der Waals surface area contributed by atoms with Crippen LogP contribution in [-0.2, 0) is 22.7 Å². The van der Waals surface area contributed by atoms with Gasteiger partial charge < -0.3 is 15.1 Å². The molecule has 0 aliphatic carbocycles. The molecule has 0 radical (unpaired) electrons. The highest BCUT2D eigenvalue weighted by Gasteiger charge is 2.05. The summed E-state index contributed by atoms with van der Waals surface area (Å²) >= 11 is 0. The first kappa shape index (κ1) is 29.2. The number of carbonyl (C=O) groups excluding carboxylic acids is 1. The Labute approximate surface area is 209 Å². The van der Waals surface area contributed by atoms with Gasteiger partial charge in [0.2, 0.25) is 0 Å². The Balaban J connectivity index is 0.000000273. The van der Waals surface area contributed by atoms with Crippen molar-refractivity contribution in [3.05, 3.63) is 92.5 Å². The van der Waals surface area contributed by atoms with Crippen LogP contribution in [0.25, 0.3) is 0 Å². The maximum absolute atomic E-state index is 11.0. The predicted molar refractivity (Wildman–Crippen MR) is 128 cm³/mol. The third kappa shape index (κ3) is 9.96. The Bertz CT molecular complexity index is 1330. The molecule has 36 heavy (non-hydrogen) atoms. The summed E-state index contributed by atoms with van der Waals surface area (Å²) in [5, 5.41) is 45.5. The molecule has 0 amide bonds. The van der Waals surface area contributed by atoms with Crippen LogP contribution < -0.4 is 4.73 Å². The van der Waals surface area contributed by atoms with E-state index in [0.29, 0.717) is 39.5 Å². The maximum Gasteiger partial charge on any atom is 0.303 e. The molecular formula is C26H26N6O4. The topological polar surface area (TPSA) is 171 Å². The molecule has 3 heterocycles. The highest BCUT2D eigenvalue weighted by atomic mass is 16.5. The highest BCUT2D eigenvalue weighted by molar-refractivity contribution is 5.65. The van der Waals surface area contributed by atoms with Crippen LogP contribution in [0, 0.1) is 66.9 Å². The maximum atomic E-state index is 11.0. The van der Waals surface area contributed by atoms with Crippen molar-refractivity contribution in [1.29, 1.82) is 15.8 Å². The highest BCUT2D eigenvalue weighted by Crippen LogP contribution is 2.06. The van der Waals surface area contributed by atoms with Crippen LogP contribution in [0.2, 0.25) is 0 Å². The smallest absolute Gasteiger partial charge is 0.303 e. The lowest BCUT2D eigenvalue weighted by atomic mass is 10.2. The monoisotopic (exact) mass is 486 g/mol. The molecule has 3 rings (SSSR count). The van der Waals surface area contributed by atoms with E-state index in [1.807, 2.05) is 18.2 Å². The molecule has 0 bridgehead atoms. The van der Waals surface area contributed by atoms with Gasteiger partial charge in [-0.25, -0.2) is 0 Å². The molecule has 0 aromatic carbocycles. The first-order chi connectivity index (χ1) is 17.0. The third-order valence-corrected chi connectivity index (χ3v) is 4.36. The second-order valence-corrected chi connectivity index (χ2v) is 7.57. The zero-order valence-electron chi connectivity index (χ0n) is 20.7. The van der Waals surface area contributed by atoms with Gasteiger partial charge in [0.05, 0.1) is 52.9 Å². The van der Waals surface area contributed by atoms with Crippen LogP contribution in [-0.4, -0.2) is 21.0 Å². The first-order valence-electron chi connectivity index (χ1n) is 10.6. The molecular weight excluding hydrogens is 460 g/mol. The number of esters is 1. The number of hydrogen-bond acceptors (Lipinski definition) is 9. The molecule has 0 saturated carbocycles. The standard InChI is InChI=1S/C10H10N2O2.2C8H8N2O/c1-7-3-9(5-11)4-10(12-7)6-14-8(2)13;1-6-3-8(5-9)4-7(2)10(6)11;1-6-2-7(4-9)3-8(5-11)10-6/h3-4H,6H2,1-2H3;3-4H,1-2H3;2-3,11H,5H2,1H3. The van der Waals surface area contributed by atoms with Crippen molar-refractivity contribution in [3.8, 4) is 18.2 Å². The Morgan fingerprint density at radius 2 is 1.28 bits per heavy atom. The first-order valence-corrected chi connectivity index (χ1v) is 10.6. The summed E-state index contributed by atoms with van der Waals surface area (Å²) in [5.41, 5.74) is 5.36. The molecule has 1 N–H and O–H groups in total. The number of nitrogens with zero attached hydrogens (tertiary/aromatic N) is 6. The number of nitriles is 3. The van der Waals surface area contributed by atoms with Crippen LogP contribution in [0.15, 0.2) is 36.4 Å². The van der Waals surface area contributed by atoms with Gasteiger partial charge in [0, 0.05) is 44.3 Å². The van der Waals surface area contributed by atoms with E-state index >= 15 is 0 Å². The summed E-state index contributed by atoms with van der Waals surface area (Å²) in [6.07, 6.45) is 0. The molecule has 3 aromatic rings. The number of aliphatic hydroxyl groups excluding tert-OH is 1. The Morgan fingerprint density at radius 1 is 0.861 bits per heavy atom. The largest absolute Gasteiger partial charge is 0.618 e. The van der Waals surface area contributed by atoms with E-state index in [4.69, 9.17) is 25.6 Å². The normalized spacial score (nSPS) is 9.19. The van der Waals surface area contributed by atoms with E-state index in [9.17, 15) is 10.0 Å². The van der Waals surface area contributed by atoms with Gasteiger partial charge in [0.25, 0.3) is 0 Å². The summed E-state index contributed by atoms with van der Waals surface area (Å²) < 4.78 is 5.58. The second-order valence-electron chi connectivity index (χ2n) is 7.57. The molecule has 0 aliphatic heterocycles.